The zero-order valence-corrected chi connectivity index (χ0v) is 24.9. The number of hydrogen-bond acceptors (Lipinski definition) is 11. The van der Waals surface area contributed by atoms with Gasteiger partial charge < -0.3 is 30.1 Å². The Morgan fingerprint density at radius 2 is 2.14 bits per heavy atom. The quantitative estimate of drug-likeness (QED) is 0.444. The smallest absolute Gasteiger partial charge is 0.318 e. The number of anilines is 3. The number of benzene rings is 1. The molecule has 0 saturated carbocycles. The van der Waals surface area contributed by atoms with Gasteiger partial charge in [-0.3, -0.25) is 4.90 Å². The lowest BCUT2D eigenvalue weighted by atomic mass is 9.95. The number of thiophene rings is 1. The number of aliphatic hydroxyl groups is 1. The highest BCUT2D eigenvalue weighted by Crippen LogP contribution is 2.43. The SMILES string of the molecule is C[C@@]1(O)COCCN(c2nc(OC[C@@]34CCCN3C[C@H](F)C4)nc3c2CCN(c2ccc(F)c4sc(N)c(C#N)c24)C3)C1. The second-order valence-corrected chi connectivity index (χ2v) is 13.5. The number of fused-ring (bicyclic) bond motifs is 3. The van der Waals surface area contributed by atoms with Gasteiger partial charge in [0.2, 0.25) is 0 Å². The van der Waals surface area contributed by atoms with Gasteiger partial charge in [0, 0.05) is 42.7 Å². The highest BCUT2D eigenvalue weighted by molar-refractivity contribution is 7.23. The van der Waals surface area contributed by atoms with Gasteiger partial charge in [0.1, 0.15) is 41.1 Å². The van der Waals surface area contributed by atoms with Crippen LogP contribution in [0, 0.1) is 17.1 Å². The van der Waals surface area contributed by atoms with Crippen molar-refractivity contribution in [2.45, 2.75) is 56.5 Å². The minimum absolute atomic E-state index is 0.214. The summed E-state index contributed by atoms with van der Waals surface area (Å²) < 4.78 is 41.5. The largest absolute Gasteiger partial charge is 0.461 e. The van der Waals surface area contributed by atoms with E-state index in [-0.39, 0.29) is 23.7 Å². The van der Waals surface area contributed by atoms with Crippen molar-refractivity contribution in [1.29, 1.82) is 5.26 Å². The fourth-order valence-corrected chi connectivity index (χ4v) is 8.24. The molecule has 10 nitrogen and oxygen atoms in total. The number of ether oxygens (including phenoxy) is 2. The molecule has 2 aromatic heterocycles. The summed E-state index contributed by atoms with van der Waals surface area (Å²) in [5.41, 5.74) is 7.40. The van der Waals surface area contributed by atoms with Crippen molar-refractivity contribution >= 4 is 37.9 Å². The van der Waals surface area contributed by atoms with E-state index >= 15 is 0 Å². The summed E-state index contributed by atoms with van der Waals surface area (Å²) in [7, 11) is 0. The Kier molecular flexibility index (Phi) is 7.08. The van der Waals surface area contributed by atoms with E-state index in [1.165, 1.54) is 6.07 Å². The van der Waals surface area contributed by atoms with E-state index in [0.717, 1.165) is 47.7 Å². The van der Waals surface area contributed by atoms with Crippen LogP contribution in [0.2, 0.25) is 0 Å². The van der Waals surface area contributed by atoms with E-state index in [9.17, 15) is 19.1 Å². The van der Waals surface area contributed by atoms with Gasteiger partial charge in [-0.05, 0) is 44.9 Å². The topological polar surface area (TPSA) is 124 Å². The molecule has 3 N–H and O–H groups in total. The van der Waals surface area contributed by atoms with Crippen molar-refractivity contribution in [3.8, 4) is 12.1 Å². The number of nitrogens with zero attached hydrogens (tertiary/aromatic N) is 6. The summed E-state index contributed by atoms with van der Waals surface area (Å²) in [5.74, 6) is 0.288. The summed E-state index contributed by atoms with van der Waals surface area (Å²) in [5, 5.41) is 21.6. The summed E-state index contributed by atoms with van der Waals surface area (Å²) >= 11 is 1.08. The molecule has 6 heterocycles. The number of alkyl halides is 1. The van der Waals surface area contributed by atoms with Gasteiger partial charge in [0.25, 0.3) is 0 Å². The molecule has 4 aliphatic heterocycles. The van der Waals surface area contributed by atoms with Gasteiger partial charge in [-0.25, -0.2) is 8.78 Å². The molecule has 0 aliphatic carbocycles. The monoisotopic (exact) mass is 611 g/mol. The summed E-state index contributed by atoms with van der Waals surface area (Å²) in [6.45, 7) is 5.85. The minimum atomic E-state index is -1.06. The molecule has 3 aromatic rings. The molecule has 4 aliphatic rings. The average Bonchev–Trinajstić information content (AvgIpc) is 3.57. The molecule has 228 valence electrons. The third-order valence-corrected chi connectivity index (χ3v) is 10.3. The van der Waals surface area contributed by atoms with Crippen LogP contribution in [-0.2, 0) is 17.7 Å². The van der Waals surface area contributed by atoms with Crippen molar-refractivity contribution < 1.29 is 23.4 Å². The van der Waals surface area contributed by atoms with Crippen molar-refractivity contribution in [2.75, 3.05) is 68.1 Å². The Bertz CT molecular complexity index is 1610. The van der Waals surface area contributed by atoms with Crippen LogP contribution in [0.25, 0.3) is 10.1 Å². The Morgan fingerprint density at radius 1 is 1.28 bits per heavy atom. The van der Waals surface area contributed by atoms with E-state index in [1.54, 1.807) is 13.0 Å². The molecule has 0 unspecified atom stereocenters. The maximum atomic E-state index is 14.8. The highest BCUT2D eigenvalue weighted by Gasteiger charge is 2.49. The first-order valence-electron chi connectivity index (χ1n) is 14.8. The summed E-state index contributed by atoms with van der Waals surface area (Å²) in [6, 6.07) is 5.48. The Morgan fingerprint density at radius 3 is 2.98 bits per heavy atom. The van der Waals surface area contributed by atoms with Crippen LogP contribution < -0.4 is 20.3 Å². The van der Waals surface area contributed by atoms with Crippen LogP contribution in [-0.4, -0.2) is 89.8 Å². The average molecular weight is 612 g/mol. The maximum Gasteiger partial charge on any atom is 0.318 e. The van der Waals surface area contributed by atoms with Crippen molar-refractivity contribution in [3.05, 3.63) is 34.8 Å². The molecule has 43 heavy (non-hydrogen) atoms. The summed E-state index contributed by atoms with van der Waals surface area (Å²) in [6.07, 6.45) is 2.04. The van der Waals surface area contributed by atoms with Crippen molar-refractivity contribution in [2.24, 2.45) is 0 Å². The first kappa shape index (κ1) is 28.5. The fourth-order valence-electron chi connectivity index (χ4n) is 7.30. The number of halogens is 2. The molecule has 7 rings (SSSR count). The van der Waals surface area contributed by atoms with Gasteiger partial charge in [-0.15, -0.1) is 11.3 Å². The van der Waals surface area contributed by atoms with E-state index in [4.69, 9.17) is 25.2 Å². The number of aromatic nitrogens is 2. The van der Waals surface area contributed by atoms with Crippen molar-refractivity contribution in [3.63, 3.8) is 0 Å². The second-order valence-electron chi connectivity index (χ2n) is 12.5. The predicted molar refractivity (Wildman–Crippen MR) is 160 cm³/mol. The lowest BCUT2D eigenvalue weighted by Crippen LogP contribution is -2.44. The summed E-state index contributed by atoms with van der Waals surface area (Å²) in [4.78, 5) is 16.1. The molecule has 13 heteroatoms. The molecular formula is C30H35F2N7O3S. The van der Waals surface area contributed by atoms with Crippen LogP contribution in [0.3, 0.4) is 0 Å². The van der Waals surface area contributed by atoms with Crippen LogP contribution >= 0.6 is 11.3 Å². The third kappa shape index (κ3) is 5.04. The molecule has 0 spiro atoms. The molecule has 0 bridgehead atoms. The number of rotatable bonds is 5. The predicted octanol–water partition coefficient (Wildman–Crippen LogP) is 3.39. The number of nitriles is 1. The first-order valence-corrected chi connectivity index (χ1v) is 15.6. The Balaban J connectivity index is 1.26. The Hall–Kier alpha value is -3.31. The Labute approximate surface area is 252 Å². The number of nitrogens with two attached hydrogens (primary N) is 1. The zero-order chi connectivity index (χ0) is 29.9. The van der Waals surface area contributed by atoms with Gasteiger partial charge in [0.15, 0.2) is 0 Å². The number of hydrogen-bond donors (Lipinski definition) is 2. The van der Waals surface area contributed by atoms with E-state index in [0.29, 0.717) is 79.7 Å². The van der Waals surface area contributed by atoms with Crippen LogP contribution in [0.15, 0.2) is 12.1 Å². The normalized spacial score (nSPS) is 27.7. The number of nitrogen functional groups attached to an aromatic ring is 1. The van der Waals surface area contributed by atoms with E-state index in [1.807, 2.05) is 4.90 Å². The van der Waals surface area contributed by atoms with Gasteiger partial charge in [-0.2, -0.15) is 15.2 Å². The van der Waals surface area contributed by atoms with Gasteiger partial charge in [0.05, 0.1) is 47.8 Å². The fraction of sp³-hybridized carbons (Fsp3) is 0.567. The van der Waals surface area contributed by atoms with E-state index < -0.39 is 17.6 Å². The van der Waals surface area contributed by atoms with Crippen LogP contribution in [0.1, 0.15) is 43.0 Å². The molecule has 1 aromatic carbocycles. The maximum absolute atomic E-state index is 14.8. The lowest BCUT2D eigenvalue weighted by Gasteiger charge is -2.35. The van der Waals surface area contributed by atoms with Crippen molar-refractivity contribution in [1.82, 2.24) is 14.9 Å². The molecule has 3 atom stereocenters. The van der Waals surface area contributed by atoms with Gasteiger partial charge in [-0.1, -0.05) is 0 Å². The first-order chi connectivity index (χ1) is 20.7. The standard InChI is InChI=1S/C30H35F2N7O3S/c1-29(40)15-38(9-10-41-16-29)27-19-5-8-37(23-4-3-21(32)25-24(23)20(12-33)26(34)43-25)14-22(19)35-28(36-27)42-17-30-6-2-7-39(30)13-18(31)11-30/h3-4,18,40H,2,5-11,13-17,34H2,1H3/t18-,29+,30+/m1/s1. The zero-order valence-electron chi connectivity index (χ0n) is 24.1. The lowest BCUT2D eigenvalue weighted by molar-refractivity contribution is -0.0123. The molecular weight excluding hydrogens is 576 g/mol. The third-order valence-electron chi connectivity index (χ3n) is 9.25. The molecule has 0 amide bonds. The molecule has 3 saturated heterocycles. The van der Waals surface area contributed by atoms with E-state index in [2.05, 4.69) is 15.9 Å². The number of β-amino-alcohol motifs (C(OH)–C–C–N with tert-alkyl or cyclic N) is 1. The second kappa shape index (κ2) is 10.7. The van der Waals surface area contributed by atoms with Crippen LogP contribution in [0.5, 0.6) is 6.01 Å². The highest BCUT2D eigenvalue weighted by atomic mass is 32.1. The van der Waals surface area contributed by atoms with Crippen LogP contribution in [0.4, 0.5) is 25.3 Å². The molecule has 3 fully saturated rings. The minimum Gasteiger partial charge on any atom is -0.461 e. The molecule has 0 radical (unpaired) electrons. The van der Waals surface area contributed by atoms with Gasteiger partial charge >= 0.3 is 6.01 Å².